The van der Waals surface area contributed by atoms with Crippen molar-refractivity contribution in [1.29, 1.82) is 0 Å². The molecule has 0 saturated carbocycles. The lowest BCUT2D eigenvalue weighted by Crippen LogP contribution is -2.46. The highest BCUT2D eigenvalue weighted by molar-refractivity contribution is 7.88. The number of sulfonamides is 1. The Morgan fingerprint density at radius 2 is 1.69 bits per heavy atom. The average Bonchev–Trinajstić information content (AvgIpc) is 2.80. The Hall–Kier alpha value is -2.00. The SMILES string of the molecule is O=C(NC[C@H]1COc2ccccc2O1)C1CCN(S(=O)(=O)Cc2c(Cl)cccc2Cl)CC1. The number of carbonyl (C=O) groups excluding carboxylic acids is 1. The van der Waals surface area contributed by atoms with Crippen LogP contribution in [0, 0.1) is 5.92 Å². The molecular formula is C22H24Cl2N2O5S. The molecule has 2 aliphatic heterocycles. The van der Waals surface area contributed by atoms with E-state index < -0.39 is 10.0 Å². The molecule has 10 heteroatoms. The summed E-state index contributed by atoms with van der Waals surface area (Å²) in [6.45, 7) is 1.24. The van der Waals surface area contributed by atoms with Crippen LogP contribution in [0.5, 0.6) is 11.5 Å². The van der Waals surface area contributed by atoms with Gasteiger partial charge in [0.2, 0.25) is 15.9 Å². The quantitative estimate of drug-likeness (QED) is 0.658. The number of piperidine rings is 1. The molecule has 2 aromatic carbocycles. The second-order valence-corrected chi connectivity index (χ2v) is 10.7. The van der Waals surface area contributed by atoms with Crippen LogP contribution in [-0.4, -0.2) is 51.0 Å². The monoisotopic (exact) mass is 498 g/mol. The van der Waals surface area contributed by atoms with Gasteiger partial charge in [-0.1, -0.05) is 41.4 Å². The summed E-state index contributed by atoms with van der Waals surface area (Å²) >= 11 is 12.3. The fourth-order valence-electron chi connectivity index (χ4n) is 3.86. The fourth-order valence-corrected chi connectivity index (χ4v) is 6.18. The fraction of sp³-hybridized carbons (Fsp3) is 0.409. The van der Waals surface area contributed by atoms with Crippen molar-refractivity contribution in [2.24, 2.45) is 5.92 Å². The minimum absolute atomic E-state index is 0.0985. The number of amides is 1. The number of para-hydroxylation sites is 2. The molecule has 2 heterocycles. The molecule has 1 amide bonds. The zero-order chi connectivity index (χ0) is 22.7. The maximum atomic E-state index is 12.8. The number of hydrogen-bond donors (Lipinski definition) is 1. The Morgan fingerprint density at radius 3 is 2.38 bits per heavy atom. The molecule has 1 N–H and O–H groups in total. The first-order chi connectivity index (χ1) is 15.3. The predicted molar refractivity (Wildman–Crippen MR) is 123 cm³/mol. The van der Waals surface area contributed by atoms with Gasteiger partial charge < -0.3 is 14.8 Å². The first-order valence-corrected chi connectivity index (χ1v) is 12.8. The highest BCUT2D eigenvalue weighted by Crippen LogP contribution is 2.31. The van der Waals surface area contributed by atoms with Gasteiger partial charge in [0.1, 0.15) is 12.7 Å². The molecule has 172 valence electrons. The summed E-state index contributed by atoms with van der Waals surface area (Å²) in [4.78, 5) is 12.6. The number of hydrogen-bond acceptors (Lipinski definition) is 5. The molecule has 0 spiro atoms. The number of fused-ring (bicyclic) bond motifs is 1. The molecular weight excluding hydrogens is 475 g/mol. The Balaban J connectivity index is 1.26. The van der Waals surface area contributed by atoms with Crippen LogP contribution >= 0.6 is 23.2 Å². The molecule has 1 saturated heterocycles. The summed E-state index contributed by atoms with van der Waals surface area (Å²) in [5, 5.41) is 3.57. The van der Waals surface area contributed by atoms with Crippen molar-refractivity contribution in [1.82, 2.24) is 9.62 Å². The highest BCUT2D eigenvalue weighted by atomic mass is 35.5. The third-order valence-electron chi connectivity index (χ3n) is 5.68. The van der Waals surface area contributed by atoms with Gasteiger partial charge in [-0.3, -0.25) is 4.79 Å². The van der Waals surface area contributed by atoms with Crippen molar-refractivity contribution in [3.05, 3.63) is 58.1 Å². The van der Waals surface area contributed by atoms with Crippen LogP contribution in [0.1, 0.15) is 18.4 Å². The van der Waals surface area contributed by atoms with Crippen molar-refractivity contribution in [3.63, 3.8) is 0 Å². The summed E-state index contributed by atoms with van der Waals surface area (Å²) in [7, 11) is -3.59. The smallest absolute Gasteiger partial charge is 0.223 e. The first kappa shape index (κ1) is 23.2. The maximum Gasteiger partial charge on any atom is 0.223 e. The Bertz CT molecular complexity index is 1070. The summed E-state index contributed by atoms with van der Waals surface area (Å²) in [5.74, 6) is 0.751. The number of carbonyl (C=O) groups is 1. The number of nitrogens with one attached hydrogen (secondary N) is 1. The summed E-state index contributed by atoms with van der Waals surface area (Å²) < 4.78 is 38.6. The van der Waals surface area contributed by atoms with Crippen LogP contribution in [0.4, 0.5) is 0 Å². The Kier molecular flexibility index (Phi) is 7.14. The van der Waals surface area contributed by atoms with Crippen molar-refractivity contribution >= 4 is 39.1 Å². The number of ether oxygens (including phenoxy) is 2. The third kappa shape index (κ3) is 5.31. The second-order valence-electron chi connectivity index (χ2n) is 7.87. The van der Waals surface area contributed by atoms with E-state index in [9.17, 15) is 13.2 Å². The maximum absolute atomic E-state index is 12.8. The van der Waals surface area contributed by atoms with Gasteiger partial charge in [-0.05, 0) is 37.1 Å². The molecule has 7 nitrogen and oxygen atoms in total. The standard InChI is InChI=1S/C22H24Cl2N2O5S/c23-18-4-3-5-19(24)17(18)14-32(28,29)26-10-8-15(9-11-26)22(27)25-12-16-13-30-20-6-1-2-7-21(20)31-16/h1-7,15-16H,8-14H2,(H,25,27)/t16-/m0/s1. The molecule has 0 aliphatic carbocycles. The van der Waals surface area contributed by atoms with Gasteiger partial charge in [0, 0.05) is 34.6 Å². The molecule has 4 rings (SSSR count). The van der Waals surface area contributed by atoms with Gasteiger partial charge in [0.25, 0.3) is 0 Å². The van der Waals surface area contributed by atoms with Crippen LogP contribution in [0.3, 0.4) is 0 Å². The topological polar surface area (TPSA) is 84.9 Å². The van der Waals surface area contributed by atoms with Crippen molar-refractivity contribution < 1.29 is 22.7 Å². The van der Waals surface area contributed by atoms with Crippen LogP contribution in [0.25, 0.3) is 0 Å². The van der Waals surface area contributed by atoms with Gasteiger partial charge in [-0.25, -0.2) is 12.7 Å². The minimum Gasteiger partial charge on any atom is -0.486 e. The lowest BCUT2D eigenvalue weighted by atomic mass is 9.97. The molecule has 0 aromatic heterocycles. The van der Waals surface area contributed by atoms with E-state index in [0.29, 0.717) is 53.1 Å². The molecule has 1 atom stereocenters. The predicted octanol–water partition coefficient (Wildman–Crippen LogP) is 3.49. The number of halogens is 2. The Morgan fingerprint density at radius 1 is 1.03 bits per heavy atom. The Labute approximate surface area is 197 Å². The van der Waals surface area contributed by atoms with E-state index in [2.05, 4.69) is 5.32 Å². The van der Waals surface area contributed by atoms with Gasteiger partial charge in [0.15, 0.2) is 11.5 Å². The minimum atomic E-state index is -3.59. The summed E-state index contributed by atoms with van der Waals surface area (Å²) in [5.41, 5.74) is 0.395. The van der Waals surface area contributed by atoms with Crippen LogP contribution < -0.4 is 14.8 Å². The van der Waals surface area contributed by atoms with Crippen molar-refractivity contribution in [3.8, 4) is 11.5 Å². The van der Waals surface area contributed by atoms with E-state index >= 15 is 0 Å². The molecule has 1 fully saturated rings. The van der Waals surface area contributed by atoms with E-state index in [0.717, 1.165) is 0 Å². The van der Waals surface area contributed by atoms with E-state index in [1.54, 1.807) is 18.2 Å². The highest BCUT2D eigenvalue weighted by Gasteiger charge is 2.32. The van der Waals surface area contributed by atoms with Gasteiger partial charge in [-0.2, -0.15) is 0 Å². The van der Waals surface area contributed by atoms with Crippen LogP contribution in [0.15, 0.2) is 42.5 Å². The number of benzene rings is 2. The lowest BCUT2D eigenvalue weighted by Gasteiger charge is -2.31. The van der Waals surface area contributed by atoms with Crippen molar-refractivity contribution in [2.75, 3.05) is 26.2 Å². The van der Waals surface area contributed by atoms with Gasteiger partial charge in [-0.15, -0.1) is 0 Å². The lowest BCUT2D eigenvalue weighted by molar-refractivity contribution is -0.126. The second kappa shape index (κ2) is 9.87. The first-order valence-electron chi connectivity index (χ1n) is 10.4. The third-order valence-corrected chi connectivity index (χ3v) is 8.19. The van der Waals surface area contributed by atoms with Crippen molar-refractivity contribution in [2.45, 2.75) is 24.7 Å². The van der Waals surface area contributed by atoms with E-state index in [1.165, 1.54) is 4.31 Å². The average molecular weight is 499 g/mol. The van der Waals surface area contributed by atoms with E-state index in [1.807, 2.05) is 24.3 Å². The molecule has 0 bridgehead atoms. The molecule has 0 radical (unpaired) electrons. The van der Waals surface area contributed by atoms with Gasteiger partial charge >= 0.3 is 0 Å². The summed E-state index contributed by atoms with van der Waals surface area (Å²) in [6, 6.07) is 12.3. The molecule has 32 heavy (non-hydrogen) atoms. The van der Waals surface area contributed by atoms with Crippen LogP contribution in [-0.2, 0) is 20.6 Å². The van der Waals surface area contributed by atoms with E-state index in [-0.39, 0.29) is 36.8 Å². The van der Waals surface area contributed by atoms with Crippen LogP contribution in [0.2, 0.25) is 10.0 Å². The largest absolute Gasteiger partial charge is 0.486 e. The van der Waals surface area contributed by atoms with E-state index in [4.69, 9.17) is 32.7 Å². The zero-order valence-corrected chi connectivity index (χ0v) is 19.6. The molecule has 0 unspecified atom stereocenters. The summed E-state index contributed by atoms with van der Waals surface area (Å²) in [6.07, 6.45) is 0.632. The molecule has 2 aromatic rings. The number of nitrogens with zero attached hydrogens (tertiary/aromatic N) is 1. The zero-order valence-electron chi connectivity index (χ0n) is 17.3. The number of rotatable bonds is 6. The van der Waals surface area contributed by atoms with Gasteiger partial charge in [0.05, 0.1) is 12.3 Å². The normalized spacial score (nSPS) is 19.5. The molecule has 2 aliphatic rings.